The number of rotatable bonds is 14. The predicted molar refractivity (Wildman–Crippen MR) is 186 cm³/mol. The Labute approximate surface area is 308 Å². The molecule has 0 amide bonds. The molecule has 0 aliphatic carbocycles. The van der Waals surface area contributed by atoms with Crippen LogP contribution in [-0.2, 0) is 38.0 Å². The topological polar surface area (TPSA) is 244 Å². The van der Waals surface area contributed by atoms with Crippen LogP contribution in [0.3, 0.4) is 0 Å². The van der Waals surface area contributed by atoms with Gasteiger partial charge in [0.05, 0.1) is 24.4 Å². The lowest BCUT2D eigenvalue weighted by atomic mass is 9.96. The average Bonchev–Trinajstić information content (AvgIpc) is 3.12. The van der Waals surface area contributed by atoms with E-state index >= 15 is 0 Å². The normalized spacial score (nSPS) is 38.9. The van der Waals surface area contributed by atoms with Crippen LogP contribution in [0.1, 0.15) is 53.0 Å². The number of hydrogen-bond donors (Lipinski definition) is 8. The van der Waals surface area contributed by atoms with Crippen LogP contribution >= 0.6 is 0 Å². The smallest absolute Gasteiger partial charge is 0.331 e. The van der Waals surface area contributed by atoms with Gasteiger partial charge in [-0.2, -0.15) is 0 Å². The first-order chi connectivity index (χ1) is 24.9. The summed E-state index contributed by atoms with van der Waals surface area (Å²) in [4.78, 5) is 13.0. The molecule has 16 nitrogen and oxygen atoms in total. The van der Waals surface area contributed by atoms with Gasteiger partial charge < -0.3 is 74.0 Å². The van der Waals surface area contributed by atoms with E-state index in [0.717, 1.165) is 11.6 Å². The molecule has 3 aliphatic rings. The van der Waals surface area contributed by atoms with Crippen molar-refractivity contribution in [3.63, 3.8) is 0 Å². The van der Waals surface area contributed by atoms with Crippen LogP contribution in [-0.4, -0.2) is 151 Å². The summed E-state index contributed by atoms with van der Waals surface area (Å²) >= 11 is 0. The maximum atomic E-state index is 13.0. The molecule has 0 saturated carbocycles. The van der Waals surface area contributed by atoms with Crippen molar-refractivity contribution in [2.24, 2.45) is 0 Å². The number of carbonyl (C=O) groups excluding carboxylic acids is 1. The molecular formula is C37H54O16. The molecule has 0 aromatic heterocycles. The van der Waals surface area contributed by atoms with Crippen LogP contribution in [0.2, 0.25) is 0 Å². The molecule has 53 heavy (non-hydrogen) atoms. The maximum Gasteiger partial charge on any atom is 0.331 e. The summed E-state index contributed by atoms with van der Waals surface area (Å²) in [5, 5.41) is 84.5. The van der Waals surface area contributed by atoms with Crippen LogP contribution < -0.4 is 0 Å². The molecule has 3 fully saturated rings. The van der Waals surface area contributed by atoms with Crippen molar-refractivity contribution in [2.75, 3.05) is 6.61 Å². The highest BCUT2D eigenvalue weighted by atomic mass is 16.8. The highest BCUT2D eigenvalue weighted by molar-refractivity contribution is 5.87. The molecule has 3 saturated heterocycles. The summed E-state index contributed by atoms with van der Waals surface area (Å²) in [6.45, 7) is 11.9. The number of aromatic hydroxyl groups is 1. The summed E-state index contributed by atoms with van der Waals surface area (Å²) in [6.07, 6.45) is -15.1. The molecule has 4 rings (SSSR count). The highest BCUT2D eigenvalue weighted by Gasteiger charge is 2.52. The zero-order valence-electron chi connectivity index (χ0n) is 30.5. The van der Waals surface area contributed by atoms with E-state index in [1.54, 1.807) is 25.1 Å². The van der Waals surface area contributed by atoms with Crippen molar-refractivity contribution in [1.29, 1.82) is 0 Å². The first-order valence-electron chi connectivity index (χ1n) is 17.6. The number of aliphatic hydroxyl groups excluding tert-OH is 7. The van der Waals surface area contributed by atoms with Crippen molar-refractivity contribution >= 4 is 12.0 Å². The number of aliphatic hydroxyl groups is 7. The fraction of sp³-hybridized carbons (Fsp3) is 0.649. The summed E-state index contributed by atoms with van der Waals surface area (Å²) in [7, 11) is 0. The van der Waals surface area contributed by atoms with E-state index in [1.165, 1.54) is 32.1 Å². The minimum Gasteiger partial charge on any atom is -0.508 e. The second-order valence-electron chi connectivity index (χ2n) is 14.1. The quantitative estimate of drug-likeness (QED) is 0.0717. The Bertz CT molecular complexity index is 1400. The van der Waals surface area contributed by atoms with Crippen molar-refractivity contribution in [2.45, 2.75) is 145 Å². The number of ether oxygens (including phenoxy) is 7. The summed E-state index contributed by atoms with van der Waals surface area (Å²) < 4.78 is 40.8. The lowest BCUT2D eigenvalue weighted by Gasteiger charge is -2.47. The zero-order valence-corrected chi connectivity index (χ0v) is 30.5. The number of phenolic OH excluding ortho intramolecular Hbond substituents is 1. The molecule has 298 valence electrons. The van der Waals surface area contributed by atoms with Gasteiger partial charge in [0.15, 0.2) is 25.0 Å². The van der Waals surface area contributed by atoms with Gasteiger partial charge in [-0.25, -0.2) is 4.79 Å². The van der Waals surface area contributed by atoms with Crippen molar-refractivity contribution < 1.29 is 78.8 Å². The van der Waals surface area contributed by atoms with Crippen molar-refractivity contribution in [3.8, 4) is 5.75 Å². The standard InChI is InChI=1S/C37H54O16/c1-7-37(6,16-8-9-18(2)3)53-36-30(45)28(43)26(41)23(50-36)17-47-34-31(46)33(52-35-29(44)27(42)25(40)19(4)48-35)32(20(5)49-34)51-24(39)15-12-21-10-13-22(38)14-11-21/h7,9-15,19-20,23,25-36,38,40-46H,1,8,16-17H2,2-6H3/b15-12+/t19-,20+,23-,25-,26+,27-,28-,29+,30-,31+,32-,33-,34+,35-,36-,37-/m0/s1. The van der Waals surface area contributed by atoms with Gasteiger partial charge in [-0.1, -0.05) is 29.9 Å². The maximum absolute atomic E-state index is 13.0. The Morgan fingerprint density at radius 2 is 1.43 bits per heavy atom. The first-order valence-corrected chi connectivity index (χ1v) is 17.6. The molecule has 1 aromatic carbocycles. The van der Waals surface area contributed by atoms with Gasteiger partial charge in [0, 0.05) is 6.08 Å². The number of hydrogen-bond acceptors (Lipinski definition) is 16. The second kappa shape index (κ2) is 18.7. The third-order valence-corrected chi connectivity index (χ3v) is 9.51. The Balaban J connectivity index is 1.50. The third-order valence-electron chi connectivity index (χ3n) is 9.51. The molecular weight excluding hydrogens is 700 g/mol. The van der Waals surface area contributed by atoms with Gasteiger partial charge in [0.2, 0.25) is 0 Å². The van der Waals surface area contributed by atoms with Gasteiger partial charge in [0.25, 0.3) is 0 Å². The van der Waals surface area contributed by atoms with E-state index in [0.29, 0.717) is 18.4 Å². The van der Waals surface area contributed by atoms with E-state index in [4.69, 9.17) is 33.2 Å². The highest BCUT2D eigenvalue weighted by Crippen LogP contribution is 2.33. The van der Waals surface area contributed by atoms with E-state index in [1.807, 2.05) is 19.9 Å². The van der Waals surface area contributed by atoms with Gasteiger partial charge in [-0.05, 0) is 71.2 Å². The lowest BCUT2D eigenvalue weighted by molar-refractivity contribution is -0.362. The molecule has 16 heteroatoms. The van der Waals surface area contributed by atoms with Crippen molar-refractivity contribution in [1.82, 2.24) is 0 Å². The monoisotopic (exact) mass is 754 g/mol. The largest absolute Gasteiger partial charge is 0.508 e. The fourth-order valence-corrected chi connectivity index (χ4v) is 6.11. The zero-order chi connectivity index (χ0) is 39.2. The number of carbonyl (C=O) groups is 1. The molecule has 0 unspecified atom stereocenters. The molecule has 0 bridgehead atoms. The Kier molecular flexibility index (Phi) is 15.1. The second-order valence-corrected chi connectivity index (χ2v) is 14.1. The minimum atomic E-state index is -1.77. The summed E-state index contributed by atoms with van der Waals surface area (Å²) in [5.41, 5.74) is 0.701. The molecule has 0 spiro atoms. The van der Waals surface area contributed by atoms with Gasteiger partial charge in [0.1, 0.15) is 60.7 Å². The molecule has 1 aromatic rings. The molecule has 8 N–H and O–H groups in total. The van der Waals surface area contributed by atoms with Crippen LogP contribution in [0.15, 0.2) is 54.6 Å². The van der Waals surface area contributed by atoms with Gasteiger partial charge >= 0.3 is 5.97 Å². The predicted octanol–water partition coefficient (Wildman–Crippen LogP) is 0.168. The van der Waals surface area contributed by atoms with Crippen LogP contribution in [0.5, 0.6) is 5.75 Å². The molecule has 3 aliphatic heterocycles. The lowest BCUT2D eigenvalue weighted by Crippen LogP contribution is -2.64. The van der Waals surface area contributed by atoms with Crippen LogP contribution in [0.25, 0.3) is 6.08 Å². The van der Waals surface area contributed by atoms with Gasteiger partial charge in [-0.15, -0.1) is 6.58 Å². The Morgan fingerprint density at radius 1 is 0.811 bits per heavy atom. The van der Waals surface area contributed by atoms with Crippen molar-refractivity contribution in [3.05, 3.63) is 60.2 Å². The summed E-state index contributed by atoms with van der Waals surface area (Å²) in [6, 6.07) is 6.00. The summed E-state index contributed by atoms with van der Waals surface area (Å²) in [5.74, 6) is -0.826. The Hall–Kier alpha value is -2.81. The van der Waals surface area contributed by atoms with E-state index in [2.05, 4.69) is 6.58 Å². The van der Waals surface area contributed by atoms with E-state index < -0.39 is 110 Å². The minimum absolute atomic E-state index is 0.0376. The van der Waals surface area contributed by atoms with Crippen LogP contribution in [0.4, 0.5) is 0 Å². The van der Waals surface area contributed by atoms with Gasteiger partial charge in [-0.3, -0.25) is 0 Å². The SMILES string of the molecule is C=C[C@@](C)(CCC=C(C)C)O[C@@H]1O[C@@H](CO[C@@H]2O[C@H](C)[C@H](OC(=O)/C=C/c3ccc(O)cc3)[C@@H](O[C@@H]3O[C@@H](C)[C@H](O)[C@H](O)[C@H]3O)[C@H]2O)[C@@H](O)[C@H](O)[C@@H]1O. The third kappa shape index (κ3) is 10.9. The number of benzene rings is 1. The van der Waals surface area contributed by atoms with Crippen LogP contribution in [0, 0.1) is 0 Å². The van der Waals surface area contributed by atoms with E-state index in [-0.39, 0.29) is 5.75 Å². The number of esters is 1. The molecule has 3 heterocycles. The average molecular weight is 755 g/mol. The number of allylic oxidation sites excluding steroid dienone is 2. The van der Waals surface area contributed by atoms with E-state index in [9.17, 15) is 45.6 Å². The molecule has 16 atom stereocenters. The number of phenols is 1. The fourth-order valence-electron chi connectivity index (χ4n) is 6.11. The first kappa shape index (κ1) is 42.9. The Morgan fingerprint density at radius 3 is 2.08 bits per heavy atom. The molecule has 0 radical (unpaired) electrons.